The van der Waals surface area contributed by atoms with Crippen LogP contribution in [0, 0.1) is 6.92 Å². The molecule has 4 heteroatoms. The molecule has 3 rings (SSSR count). The van der Waals surface area contributed by atoms with Crippen LogP contribution in [0.15, 0.2) is 89.1 Å². The lowest BCUT2D eigenvalue weighted by atomic mass is 9.99. The number of nitrogens with two attached hydrogens (primary N) is 1. The molecule has 0 fully saturated rings. The Morgan fingerprint density at radius 3 is 2.54 bits per heavy atom. The second kappa shape index (κ2) is 9.02. The highest BCUT2D eigenvalue weighted by atomic mass is 32.2. The monoisotopic (exact) mass is 359 g/mol. The maximum Gasteiger partial charge on any atom is 0.180 e. The van der Waals surface area contributed by atoms with Crippen LogP contribution in [0.2, 0.25) is 0 Å². The Hall–Kier alpha value is -2.85. The second-order valence-corrected chi connectivity index (χ2v) is 6.89. The van der Waals surface area contributed by atoms with Crippen molar-refractivity contribution < 1.29 is 0 Å². The van der Waals surface area contributed by atoms with Gasteiger partial charge in [0, 0.05) is 5.75 Å². The summed E-state index contributed by atoms with van der Waals surface area (Å²) in [4.78, 5) is 0. The molecule has 0 atom stereocenters. The summed E-state index contributed by atoms with van der Waals surface area (Å²) < 4.78 is 0. The molecule has 3 nitrogen and oxygen atoms in total. The Balaban J connectivity index is 1.65. The fraction of sp³-hybridized carbons (Fsp3) is 0.0909. The SMILES string of the molecule is Cc1ccccc1-c1cccc(C=NN=C(N)SCc2ccccc2)c1. The van der Waals surface area contributed by atoms with Crippen molar-refractivity contribution in [2.75, 3.05) is 0 Å². The van der Waals surface area contributed by atoms with Gasteiger partial charge in [0.05, 0.1) is 6.21 Å². The summed E-state index contributed by atoms with van der Waals surface area (Å²) in [6, 6.07) is 26.8. The summed E-state index contributed by atoms with van der Waals surface area (Å²) in [5.41, 5.74) is 11.8. The number of rotatable bonds is 5. The zero-order chi connectivity index (χ0) is 18.2. The van der Waals surface area contributed by atoms with Crippen LogP contribution in [0.4, 0.5) is 0 Å². The molecule has 0 unspecified atom stereocenters. The average molecular weight is 359 g/mol. The quantitative estimate of drug-likeness (QED) is 0.384. The van der Waals surface area contributed by atoms with E-state index in [0.29, 0.717) is 5.17 Å². The molecule has 0 aromatic heterocycles. The zero-order valence-corrected chi connectivity index (χ0v) is 15.5. The number of thioether (sulfide) groups is 1. The minimum absolute atomic E-state index is 0.458. The first-order valence-corrected chi connectivity index (χ1v) is 9.40. The summed E-state index contributed by atoms with van der Waals surface area (Å²) in [6.07, 6.45) is 1.73. The number of amidine groups is 1. The van der Waals surface area contributed by atoms with Gasteiger partial charge in [-0.15, -0.1) is 5.10 Å². The fourth-order valence-corrected chi connectivity index (χ4v) is 3.21. The molecule has 0 heterocycles. The van der Waals surface area contributed by atoms with Gasteiger partial charge in [0.2, 0.25) is 0 Å². The Labute approximate surface area is 158 Å². The summed E-state index contributed by atoms with van der Waals surface area (Å²) in [7, 11) is 0. The Bertz CT molecular complexity index is 917. The molecule has 0 aliphatic heterocycles. The first-order chi connectivity index (χ1) is 12.7. The van der Waals surface area contributed by atoms with Crippen molar-refractivity contribution in [3.8, 4) is 11.1 Å². The molecule has 3 aromatic carbocycles. The summed E-state index contributed by atoms with van der Waals surface area (Å²) >= 11 is 1.48. The number of nitrogens with zero attached hydrogens (tertiary/aromatic N) is 2. The van der Waals surface area contributed by atoms with E-state index in [-0.39, 0.29) is 0 Å². The van der Waals surface area contributed by atoms with E-state index in [0.717, 1.165) is 11.3 Å². The van der Waals surface area contributed by atoms with Gasteiger partial charge < -0.3 is 5.73 Å². The zero-order valence-electron chi connectivity index (χ0n) is 14.7. The van der Waals surface area contributed by atoms with Gasteiger partial charge in [-0.3, -0.25) is 0 Å². The molecule has 0 aliphatic carbocycles. The Morgan fingerprint density at radius 1 is 0.962 bits per heavy atom. The Morgan fingerprint density at radius 2 is 1.73 bits per heavy atom. The topological polar surface area (TPSA) is 50.7 Å². The van der Waals surface area contributed by atoms with Gasteiger partial charge in [0.15, 0.2) is 5.17 Å². The van der Waals surface area contributed by atoms with Crippen LogP contribution >= 0.6 is 11.8 Å². The van der Waals surface area contributed by atoms with Gasteiger partial charge in [-0.1, -0.05) is 84.6 Å². The van der Waals surface area contributed by atoms with E-state index >= 15 is 0 Å². The number of hydrogen-bond donors (Lipinski definition) is 1. The normalized spacial score (nSPS) is 11.8. The lowest BCUT2D eigenvalue weighted by molar-refractivity contribution is 1.25. The molecule has 0 amide bonds. The minimum Gasteiger partial charge on any atom is -0.377 e. The van der Waals surface area contributed by atoms with Crippen molar-refractivity contribution in [1.82, 2.24) is 0 Å². The average Bonchev–Trinajstić information content (AvgIpc) is 2.68. The molecule has 130 valence electrons. The van der Waals surface area contributed by atoms with Gasteiger partial charge >= 0.3 is 0 Å². The van der Waals surface area contributed by atoms with Crippen LogP contribution in [0.1, 0.15) is 16.7 Å². The van der Waals surface area contributed by atoms with Crippen LogP contribution in [0.25, 0.3) is 11.1 Å². The highest BCUT2D eigenvalue weighted by molar-refractivity contribution is 8.13. The molecule has 2 N–H and O–H groups in total. The van der Waals surface area contributed by atoms with E-state index in [9.17, 15) is 0 Å². The van der Waals surface area contributed by atoms with Gasteiger partial charge in [-0.05, 0) is 40.8 Å². The lowest BCUT2D eigenvalue weighted by Gasteiger charge is -2.06. The smallest absolute Gasteiger partial charge is 0.180 e. The number of aryl methyl sites for hydroxylation is 1. The van der Waals surface area contributed by atoms with E-state index in [1.165, 1.54) is 34.0 Å². The largest absolute Gasteiger partial charge is 0.377 e. The third kappa shape index (κ3) is 5.07. The maximum absolute atomic E-state index is 5.93. The molecule has 0 aliphatic rings. The van der Waals surface area contributed by atoms with Gasteiger partial charge in [0.25, 0.3) is 0 Å². The molecule has 0 radical (unpaired) electrons. The van der Waals surface area contributed by atoms with Crippen molar-refractivity contribution >= 4 is 23.1 Å². The van der Waals surface area contributed by atoms with E-state index in [4.69, 9.17) is 5.73 Å². The number of benzene rings is 3. The van der Waals surface area contributed by atoms with Gasteiger partial charge in [-0.25, -0.2) is 0 Å². The second-order valence-electron chi connectivity index (χ2n) is 5.90. The first kappa shape index (κ1) is 18.0. The fourth-order valence-electron chi connectivity index (χ4n) is 2.60. The van der Waals surface area contributed by atoms with Crippen molar-refractivity contribution in [2.45, 2.75) is 12.7 Å². The molecular weight excluding hydrogens is 338 g/mol. The number of hydrogen-bond acceptors (Lipinski definition) is 3. The van der Waals surface area contributed by atoms with E-state index in [1.54, 1.807) is 6.21 Å². The minimum atomic E-state index is 0.458. The third-order valence-corrected chi connectivity index (χ3v) is 4.79. The molecule has 0 spiro atoms. The molecule has 0 saturated heterocycles. The molecule has 26 heavy (non-hydrogen) atoms. The van der Waals surface area contributed by atoms with Crippen molar-refractivity contribution in [3.05, 3.63) is 95.6 Å². The predicted molar refractivity (Wildman–Crippen MR) is 114 cm³/mol. The third-order valence-electron chi connectivity index (χ3n) is 3.94. The van der Waals surface area contributed by atoms with Gasteiger partial charge in [0.1, 0.15) is 0 Å². The van der Waals surface area contributed by atoms with Crippen molar-refractivity contribution in [1.29, 1.82) is 0 Å². The van der Waals surface area contributed by atoms with Gasteiger partial charge in [-0.2, -0.15) is 5.10 Å². The van der Waals surface area contributed by atoms with E-state index < -0.39 is 0 Å². The molecule has 3 aromatic rings. The standard InChI is InChI=1S/C22H21N3S/c1-17-8-5-6-13-21(17)20-12-7-11-19(14-20)15-24-25-22(23)26-16-18-9-3-2-4-10-18/h2-15H,16H2,1H3,(H2,23,25). The highest BCUT2D eigenvalue weighted by Gasteiger charge is 2.01. The molecular formula is C22H21N3S. The molecule has 0 bridgehead atoms. The maximum atomic E-state index is 5.93. The van der Waals surface area contributed by atoms with E-state index in [2.05, 4.69) is 65.7 Å². The molecule has 0 saturated carbocycles. The van der Waals surface area contributed by atoms with Crippen molar-refractivity contribution in [3.63, 3.8) is 0 Å². The summed E-state index contributed by atoms with van der Waals surface area (Å²) in [5, 5.41) is 8.67. The Kier molecular flexibility index (Phi) is 6.23. The van der Waals surface area contributed by atoms with Crippen molar-refractivity contribution in [2.24, 2.45) is 15.9 Å². The van der Waals surface area contributed by atoms with Crippen LogP contribution in [-0.4, -0.2) is 11.4 Å². The van der Waals surface area contributed by atoms with Crippen LogP contribution in [-0.2, 0) is 5.75 Å². The lowest BCUT2D eigenvalue weighted by Crippen LogP contribution is -2.05. The predicted octanol–water partition coefficient (Wildman–Crippen LogP) is 5.24. The summed E-state index contributed by atoms with van der Waals surface area (Å²) in [6.45, 7) is 2.12. The van der Waals surface area contributed by atoms with E-state index in [1.807, 2.05) is 30.3 Å². The highest BCUT2D eigenvalue weighted by Crippen LogP contribution is 2.23. The summed E-state index contributed by atoms with van der Waals surface area (Å²) in [5.74, 6) is 0.786. The van der Waals surface area contributed by atoms with Crippen LogP contribution in [0.3, 0.4) is 0 Å². The van der Waals surface area contributed by atoms with Crippen LogP contribution in [0.5, 0.6) is 0 Å². The first-order valence-electron chi connectivity index (χ1n) is 8.41. The van der Waals surface area contributed by atoms with Crippen LogP contribution < -0.4 is 5.73 Å².